The van der Waals surface area contributed by atoms with Crippen LogP contribution < -0.4 is 9.47 Å². The maximum absolute atomic E-state index is 12.4. The third-order valence-electron chi connectivity index (χ3n) is 4.29. The second-order valence-corrected chi connectivity index (χ2v) is 5.86. The number of hydrogen-bond donors (Lipinski definition) is 0. The Labute approximate surface area is 151 Å². The Hall–Kier alpha value is -3.09. The maximum atomic E-state index is 12.4. The van der Waals surface area contributed by atoms with E-state index in [1.807, 2.05) is 12.1 Å². The van der Waals surface area contributed by atoms with Crippen LogP contribution in [0.15, 0.2) is 36.7 Å². The van der Waals surface area contributed by atoms with Crippen molar-refractivity contribution in [3.05, 3.63) is 53.3 Å². The number of hydrogen-bond acceptors (Lipinski definition) is 6. The van der Waals surface area contributed by atoms with Crippen molar-refractivity contribution in [2.45, 2.75) is 13.0 Å². The highest BCUT2D eigenvalue weighted by atomic mass is 16.5. The molecule has 136 valence electrons. The van der Waals surface area contributed by atoms with Crippen molar-refractivity contribution in [3.8, 4) is 11.5 Å². The summed E-state index contributed by atoms with van der Waals surface area (Å²) in [6, 6.07) is 7.06. The van der Waals surface area contributed by atoms with Crippen LogP contribution in [0.4, 0.5) is 0 Å². The maximum Gasteiger partial charge on any atom is 0.340 e. The molecule has 0 N–H and O–H groups in total. The van der Waals surface area contributed by atoms with E-state index in [1.54, 1.807) is 37.4 Å². The number of fused-ring (bicyclic) bond motifs is 1. The van der Waals surface area contributed by atoms with Gasteiger partial charge in [-0.1, -0.05) is 0 Å². The number of methoxy groups -OCH3 is 2. The average molecular weight is 356 g/mol. The van der Waals surface area contributed by atoms with Crippen molar-refractivity contribution in [3.63, 3.8) is 0 Å². The number of benzene rings is 1. The van der Waals surface area contributed by atoms with E-state index >= 15 is 0 Å². The average Bonchev–Trinajstić information content (AvgIpc) is 2.70. The van der Waals surface area contributed by atoms with Gasteiger partial charge in [0.05, 0.1) is 19.8 Å². The van der Waals surface area contributed by atoms with Gasteiger partial charge in [-0.15, -0.1) is 0 Å². The van der Waals surface area contributed by atoms with Crippen molar-refractivity contribution in [1.82, 2.24) is 9.88 Å². The van der Waals surface area contributed by atoms with Crippen LogP contribution in [0.2, 0.25) is 0 Å². The highest BCUT2D eigenvalue weighted by Gasteiger charge is 2.23. The van der Waals surface area contributed by atoms with Gasteiger partial charge in [-0.3, -0.25) is 9.78 Å². The smallest absolute Gasteiger partial charge is 0.340 e. The predicted octanol–water partition coefficient (Wildman–Crippen LogP) is 1.84. The highest BCUT2D eigenvalue weighted by Crippen LogP contribution is 2.33. The summed E-state index contributed by atoms with van der Waals surface area (Å²) in [5.41, 5.74) is 2.45. The van der Waals surface area contributed by atoms with Crippen LogP contribution in [0.25, 0.3) is 0 Å². The summed E-state index contributed by atoms with van der Waals surface area (Å²) in [5.74, 6) is 0.512. The minimum Gasteiger partial charge on any atom is -0.493 e. The number of esters is 1. The lowest BCUT2D eigenvalue weighted by Crippen LogP contribution is -2.38. The molecule has 1 aliphatic rings. The van der Waals surface area contributed by atoms with Gasteiger partial charge < -0.3 is 19.1 Å². The monoisotopic (exact) mass is 356 g/mol. The van der Waals surface area contributed by atoms with Gasteiger partial charge in [-0.25, -0.2) is 4.79 Å². The fraction of sp³-hybridized carbons (Fsp3) is 0.316. The van der Waals surface area contributed by atoms with E-state index in [-0.39, 0.29) is 12.5 Å². The minimum absolute atomic E-state index is 0.234. The molecule has 0 saturated heterocycles. The van der Waals surface area contributed by atoms with Crippen LogP contribution in [0.1, 0.15) is 21.5 Å². The molecule has 2 aromatic rings. The summed E-state index contributed by atoms with van der Waals surface area (Å²) in [4.78, 5) is 29.9. The van der Waals surface area contributed by atoms with Crippen molar-refractivity contribution in [2.75, 3.05) is 27.4 Å². The van der Waals surface area contributed by atoms with Crippen LogP contribution in [0.5, 0.6) is 11.5 Å². The summed E-state index contributed by atoms with van der Waals surface area (Å²) in [6.07, 6.45) is 3.68. The molecule has 26 heavy (non-hydrogen) atoms. The Balaban J connectivity index is 1.63. The standard InChI is InChI=1S/C19H20N2O5/c1-24-16-8-13-5-7-21(11-15(13)9-17(16)25-2)18(22)12-26-19(23)14-4-3-6-20-10-14/h3-4,6,8-10H,5,7,11-12H2,1-2H3. The summed E-state index contributed by atoms with van der Waals surface area (Å²) in [7, 11) is 3.17. The molecule has 3 rings (SSSR count). The van der Waals surface area contributed by atoms with Gasteiger partial charge in [-0.05, 0) is 41.8 Å². The topological polar surface area (TPSA) is 78.0 Å². The molecule has 0 bridgehead atoms. The zero-order chi connectivity index (χ0) is 18.5. The molecule has 0 radical (unpaired) electrons. The van der Waals surface area contributed by atoms with Crippen molar-refractivity contribution in [2.24, 2.45) is 0 Å². The second kappa shape index (κ2) is 7.86. The van der Waals surface area contributed by atoms with Gasteiger partial charge in [0.25, 0.3) is 5.91 Å². The fourth-order valence-electron chi connectivity index (χ4n) is 2.88. The van der Waals surface area contributed by atoms with E-state index in [2.05, 4.69) is 4.98 Å². The molecule has 7 nitrogen and oxygen atoms in total. The minimum atomic E-state index is -0.560. The van der Waals surface area contributed by atoms with Gasteiger partial charge in [0.1, 0.15) is 0 Å². The van der Waals surface area contributed by atoms with Crippen molar-refractivity contribution < 1.29 is 23.8 Å². The van der Waals surface area contributed by atoms with E-state index in [1.165, 1.54) is 6.20 Å². The molecule has 1 amide bonds. The number of aromatic nitrogens is 1. The van der Waals surface area contributed by atoms with Crippen LogP contribution in [0.3, 0.4) is 0 Å². The number of rotatable bonds is 5. The fourth-order valence-corrected chi connectivity index (χ4v) is 2.88. The quantitative estimate of drug-likeness (QED) is 0.761. The molecule has 7 heteroatoms. The predicted molar refractivity (Wildman–Crippen MR) is 93.2 cm³/mol. The van der Waals surface area contributed by atoms with E-state index in [9.17, 15) is 9.59 Å². The van der Waals surface area contributed by atoms with Crippen LogP contribution >= 0.6 is 0 Å². The van der Waals surface area contributed by atoms with Crippen molar-refractivity contribution in [1.29, 1.82) is 0 Å². The Kier molecular flexibility index (Phi) is 5.36. The molecule has 0 aliphatic carbocycles. The number of pyridine rings is 1. The lowest BCUT2D eigenvalue weighted by atomic mass is 9.99. The Morgan fingerprint density at radius 2 is 1.88 bits per heavy atom. The van der Waals surface area contributed by atoms with E-state index in [0.717, 1.165) is 11.1 Å². The number of ether oxygens (including phenoxy) is 3. The van der Waals surface area contributed by atoms with Crippen LogP contribution in [-0.2, 0) is 22.5 Å². The summed E-state index contributed by atoms with van der Waals surface area (Å²) in [6.45, 7) is 0.709. The van der Waals surface area contributed by atoms with Crippen LogP contribution in [-0.4, -0.2) is 49.1 Å². The van der Waals surface area contributed by atoms with Gasteiger partial charge in [-0.2, -0.15) is 0 Å². The number of nitrogens with zero attached hydrogens (tertiary/aromatic N) is 2. The molecule has 0 spiro atoms. The molecule has 1 aromatic carbocycles. The SMILES string of the molecule is COc1cc2c(cc1OC)CN(C(=O)COC(=O)c1cccnc1)CC2. The van der Waals surface area contributed by atoms with Gasteiger partial charge in [0.2, 0.25) is 0 Å². The van der Waals surface area contributed by atoms with Crippen LogP contribution in [0, 0.1) is 0 Å². The first-order valence-corrected chi connectivity index (χ1v) is 8.21. The number of carbonyl (C=O) groups is 2. The molecule has 1 aliphatic heterocycles. The Morgan fingerprint density at radius 3 is 2.54 bits per heavy atom. The first kappa shape index (κ1) is 17.7. The summed E-state index contributed by atoms with van der Waals surface area (Å²) < 4.78 is 15.7. The molecular weight excluding hydrogens is 336 g/mol. The van der Waals surface area contributed by atoms with E-state index in [4.69, 9.17) is 14.2 Å². The van der Waals surface area contributed by atoms with Crippen molar-refractivity contribution >= 4 is 11.9 Å². The molecular formula is C19H20N2O5. The third-order valence-corrected chi connectivity index (χ3v) is 4.29. The first-order chi connectivity index (χ1) is 12.6. The first-order valence-electron chi connectivity index (χ1n) is 8.21. The lowest BCUT2D eigenvalue weighted by Gasteiger charge is -2.29. The molecule has 0 atom stereocenters. The third kappa shape index (κ3) is 3.77. The highest BCUT2D eigenvalue weighted by molar-refractivity contribution is 5.91. The number of amides is 1. The molecule has 0 fully saturated rings. The summed E-state index contributed by atoms with van der Waals surface area (Å²) in [5, 5.41) is 0. The largest absolute Gasteiger partial charge is 0.493 e. The lowest BCUT2D eigenvalue weighted by molar-refractivity contribution is -0.135. The van der Waals surface area contributed by atoms with E-state index in [0.29, 0.717) is 36.6 Å². The Bertz CT molecular complexity index is 807. The molecule has 0 saturated carbocycles. The van der Waals surface area contributed by atoms with Gasteiger partial charge >= 0.3 is 5.97 Å². The van der Waals surface area contributed by atoms with Gasteiger partial charge in [0, 0.05) is 25.5 Å². The van der Waals surface area contributed by atoms with Gasteiger partial charge in [0.15, 0.2) is 18.1 Å². The zero-order valence-electron chi connectivity index (χ0n) is 14.7. The second-order valence-electron chi connectivity index (χ2n) is 5.86. The van der Waals surface area contributed by atoms with E-state index < -0.39 is 5.97 Å². The molecule has 0 unspecified atom stereocenters. The summed E-state index contributed by atoms with van der Waals surface area (Å²) >= 11 is 0. The number of carbonyl (C=O) groups excluding carboxylic acids is 2. The zero-order valence-corrected chi connectivity index (χ0v) is 14.7. The molecule has 1 aromatic heterocycles. The molecule has 2 heterocycles. The Morgan fingerprint density at radius 1 is 1.15 bits per heavy atom. The normalized spacial score (nSPS) is 12.9.